The Labute approximate surface area is 91.1 Å². The third-order valence-corrected chi connectivity index (χ3v) is 3.08. The smallest absolute Gasteiger partial charge is 0.163 e. The molecular formula is C12H20O3. The zero-order valence-electron chi connectivity index (χ0n) is 9.53. The Morgan fingerprint density at radius 1 is 1.20 bits per heavy atom. The molecule has 1 saturated heterocycles. The van der Waals surface area contributed by atoms with Crippen molar-refractivity contribution in [2.75, 3.05) is 0 Å². The van der Waals surface area contributed by atoms with E-state index >= 15 is 0 Å². The van der Waals surface area contributed by atoms with Crippen LogP contribution in [0.3, 0.4) is 0 Å². The second kappa shape index (κ2) is 3.89. The van der Waals surface area contributed by atoms with Gasteiger partial charge in [0, 0.05) is 0 Å². The number of rotatable bonds is 0. The molecule has 1 saturated carbocycles. The minimum atomic E-state index is -0.481. The van der Waals surface area contributed by atoms with Gasteiger partial charge < -0.3 is 14.6 Å². The molecule has 2 fully saturated rings. The van der Waals surface area contributed by atoms with E-state index in [-0.39, 0.29) is 18.3 Å². The van der Waals surface area contributed by atoms with Gasteiger partial charge in [0.15, 0.2) is 5.79 Å². The fourth-order valence-electron chi connectivity index (χ4n) is 2.49. The fraction of sp³-hybridized carbons (Fsp3) is 0.833. The van der Waals surface area contributed by atoms with Crippen LogP contribution in [0.1, 0.15) is 39.5 Å². The molecule has 0 bridgehead atoms. The van der Waals surface area contributed by atoms with Gasteiger partial charge in [0.05, 0.1) is 18.3 Å². The first-order chi connectivity index (χ1) is 6.96. The van der Waals surface area contributed by atoms with E-state index in [4.69, 9.17) is 9.47 Å². The van der Waals surface area contributed by atoms with Gasteiger partial charge in [-0.2, -0.15) is 0 Å². The number of ether oxygens (including phenoxy) is 2. The zero-order chi connectivity index (χ0) is 11.1. The van der Waals surface area contributed by atoms with Crippen LogP contribution in [0, 0.1) is 0 Å². The average molecular weight is 212 g/mol. The van der Waals surface area contributed by atoms with Crippen LogP contribution in [0.5, 0.6) is 0 Å². The molecule has 2 aliphatic rings. The van der Waals surface area contributed by atoms with Crippen molar-refractivity contribution in [3.63, 3.8) is 0 Å². The van der Waals surface area contributed by atoms with Crippen LogP contribution in [-0.4, -0.2) is 29.2 Å². The standard InChI is InChI=1S/C12H20O3/c1-8-6-9(13)4-5-10-11(7-8)15-12(2,3)14-10/h9-11,13H,1,4-7H2,2-3H3/t9?,10-,11+/m1/s1. The van der Waals surface area contributed by atoms with E-state index in [0.717, 1.165) is 24.8 Å². The maximum Gasteiger partial charge on any atom is 0.163 e. The van der Waals surface area contributed by atoms with Gasteiger partial charge in [-0.3, -0.25) is 0 Å². The van der Waals surface area contributed by atoms with Crippen LogP contribution in [-0.2, 0) is 9.47 Å². The van der Waals surface area contributed by atoms with Gasteiger partial charge in [0.25, 0.3) is 0 Å². The Kier molecular flexibility index (Phi) is 2.88. The molecule has 86 valence electrons. The van der Waals surface area contributed by atoms with E-state index in [1.54, 1.807) is 0 Å². The molecular weight excluding hydrogens is 192 g/mol. The second-order valence-corrected chi connectivity index (χ2v) is 5.10. The minimum Gasteiger partial charge on any atom is -0.393 e. The molecule has 0 amide bonds. The summed E-state index contributed by atoms with van der Waals surface area (Å²) in [5.74, 6) is -0.481. The first kappa shape index (κ1) is 11.1. The quantitative estimate of drug-likeness (QED) is 0.624. The maximum atomic E-state index is 9.68. The number of aliphatic hydroxyl groups excluding tert-OH is 1. The molecule has 0 spiro atoms. The van der Waals surface area contributed by atoms with Gasteiger partial charge in [-0.05, 0) is 39.5 Å². The van der Waals surface area contributed by atoms with Crippen molar-refractivity contribution < 1.29 is 14.6 Å². The van der Waals surface area contributed by atoms with Crippen molar-refractivity contribution in [2.45, 2.75) is 63.6 Å². The fourth-order valence-corrected chi connectivity index (χ4v) is 2.49. The highest BCUT2D eigenvalue weighted by molar-refractivity contribution is 5.03. The lowest BCUT2D eigenvalue weighted by atomic mass is 9.92. The Bertz CT molecular complexity index is 260. The second-order valence-electron chi connectivity index (χ2n) is 5.10. The highest BCUT2D eigenvalue weighted by atomic mass is 16.7. The predicted octanol–water partition coefficient (Wildman–Crippen LogP) is 2.00. The van der Waals surface area contributed by atoms with Gasteiger partial charge >= 0.3 is 0 Å². The molecule has 0 aromatic rings. The summed E-state index contributed by atoms with van der Waals surface area (Å²) in [6.45, 7) is 7.86. The Hall–Kier alpha value is -0.380. The molecule has 3 nitrogen and oxygen atoms in total. The largest absolute Gasteiger partial charge is 0.393 e. The Balaban J connectivity index is 2.06. The van der Waals surface area contributed by atoms with Crippen LogP contribution in [0.2, 0.25) is 0 Å². The van der Waals surface area contributed by atoms with Crippen molar-refractivity contribution >= 4 is 0 Å². The molecule has 1 aliphatic carbocycles. The number of aliphatic hydroxyl groups is 1. The summed E-state index contributed by atoms with van der Waals surface area (Å²) in [6.07, 6.45) is 3.15. The molecule has 0 aromatic heterocycles. The van der Waals surface area contributed by atoms with E-state index in [1.165, 1.54) is 0 Å². The van der Waals surface area contributed by atoms with Crippen molar-refractivity contribution in [1.82, 2.24) is 0 Å². The van der Waals surface area contributed by atoms with Crippen LogP contribution >= 0.6 is 0 Å². The topological polar surface area (TPSA) is 38.7 Å². The summed E-state index contributed by atoms with van der Waals surface area (Å²) in [4.78, 5) is 0. The minimum absolute atomic E-state index is 0.117. The predicted molar refractivity (Wildman–Crippen MR) is 57.4 cm³/mol. The molecule has 3 heteroatoms. The SMILES string of the molecule is C=C1CC(O)CC[C@H]2OC(C)(C)O[C@H]2C1. The summed E-state index contributed by atoms with van der Waals surface area (Å²) >= 11 is 0. The van der Waals surface area contributed by atoms with Crippen molar-refractivity contribution in [2.24, 2.45) is 0 Å². The highest BCUT2D eigenvalue weighted by Crippen LogP contribution is 2.36. The molecule has 1 unspecified atom stereocenters. The van der Waals surface area contributed by atoms with Crippen molar-refractivity contribution in [1.29, 1.82) is 0 Å². The Morgan fingerprint density at radius 2 is 1.87 bits per heavy atom. The summed E-state index contributed by atoms with van der Waals surface area (Å²) in [7, 11) is 0. The lowest BCUT2D eigenvalue weighted by molar-refractivity contribution is -0.146. The van der Waals surface area contributed by atoms with Crippen LogP contribution in [0.15, 0.2) is 12.2 Å². The third-order valence-electron chi connectivity index (χ3n) is 3.08. The first-order valence-corrected chi connectivity index (χ1v) is 5.66. The number of fused-ring (bicyclic) bond motifs is 1. The van der Waals surface area contributed by atoms with Gasteiger partial charge in [-0.25, -0.2) is 0 Å². The summed E-state index contributed by atoms with van der Waals surface area (Å²) < 4.78 is 11.6. The van der Waals surface area contributed by atoms with E-state index < -0.39 is 5.79 Å². The summed E-state index contributed by atoms with van der Waals surface area (Å²) in [5, 5.41) is 9.68. The molecule has 0 aromatic carbocycles. The summed E-state index contributed by atoms with van der Waals surface area (Å²) in [6, 6.07) is 0. The van der Waals surface area contributed by atoms with E-state index in [9.17, 15) is 5.11 Å². The normalized spacial score (nSPS) is 40.7. The lowest BCUT2D eigenvalue weighted by Gasteiger charge is -2.23. The molecule has 1 aliphatic heterocycles. The zero-order valence-corrected chi connectivity index (χ0v) is 9.53. The molecule has 2 rings (SSSR count). The van der Waals surface area contributed by atoms with Gasteiger partial charge in [-0.1, -0.05) is 12.2 Å². The molecule has 3 atom stereocenters. The maximum absolute atomic E-state index is 9.68. The van der Waals surface area contributed by atoms with Crippen LogP contribution in [0.4, 0.5) is 0 Å². The lowest BCUT2D eigenvalue weighted by Crippen LogP contribution is -2.27. The van der Waals surface area contributed by atoms with Crippen LogP contribution in [0.25, 0.3) is 0 Å². The van der Waals surface area contributed by atoms with E-state index in [1.807, 2.05) is 13.8 Å². The van der Waals surface area contributed by atoms with Gasteiger partial charge in [-0.15, -0.1) is 0 Å². The van der Waals surface area contributed by atoms with Gasteiger partial charge in [0.1, 0.15) is 0 Å². The monoisotopic (exact) mass is 212 g/mol. The molecule has 15 heavy (non-hydrogen) atoms. The summed E-state index contributed by atoms with van der Waals surface area (Å²) in [5.41, 5.74) is 1.07. The first-order valence-electron chi connectivity index (χ1n) is 5.66. The van der Waals surface area contributed by atoms with Crippen molar-refractivity contribution in [3.05, 3.63) is 12.2 Å². The highest BCUT2D eigenvalue weighted by Gasteiger charge is 2.41. The number of hydrogen-bond acceptors (Lipinski definition) is 3. The van der Waals surface area contributed by atoms with Crippen molar-refractivity contribution in [3.8, 4) is 0 Å². The average Bonchev–Trinajstić information content (AvgIpc) is 2.34. The van der Waals surface area contributed by atoms with E-state index in [0.29, 0.717) is 6.42 Å². The van der Waals surface area contributed by atoms with Crippen LogP contribution < -0.4 is 0 Å². The Morgan fingerprint density at radius 3 is 2.60 bits per heavy atom. The van der Waals surface area contributed by atoms with Gasteiger partial charge in [0.2, 0.25) is 0 Å². The molecule has 1 N–H and O–H groups in total. The number of hydrogen-bond donors (Lipinski definition) is 1. The van der Waals surface area contributed by atoms with E-state index in [2.05, 4.69) is 6.58 Å². The third kappa shape index (κ3) is 2.60. The molecule has 1 heterocycles. The molecule has 0 radical (unpaired) electrons.